The minimum absolute atomic E-state index is 0.0193. The first-order chi connectivity index (χ1) is 14.5. The van der Waals surface area contributed by atoms with Crippen LogP contribution in [0.25, 0.3) is 11.5 Å². The minimum Gasteiger partial charge on any atom is -0.411 e. The zero-order chi connectivity index (χ0) is 20.7. The van der Waals surface area contributed by atoms with E-state index in [1.807, 2.05) is 6.07 Å². The molecule has 158 valence electrons. The third kappa shape index (κ3) is 4.21. The maximum Gasteiger partial charge on any atom is 0.321 e. The number of thioether (sulfide) groups is 1. The fraction of sp³-hybridized carbons (Fsp3) is 0.524. The second kappa shape index (κ2) is 7.89. The average Bonchev–Trinajstić information content (AvgIpc) is 3.14. The summed E-state index contributed by atoms with van der Waals surface area (Å²) < 4.78 is 5.57. The normalized spacial score (nSPS) is 29.0. The van der Waals surface area contributed by atoms with Crippen molar-refractivity contribution >= 4 is 35.3 Å². The Morgan fingerprint density at radius 1 is 1.13 bits per heavy atom. The number of halogens is 1. The van der Waals surface area contributed by atoms with Gasteiger partial charge in [-0.3, -0.25) is 10.1 Å². The lowest BCUT2D eigenvalue weighted by Crippen LogP contribution is -2.61. The highest BCUT2D eigenvalue weighted by atomic mass is 35.5. The molecular formula is C21H23ClN4O3S. The van der Waals surface area contributed by atoms with Crippen LogP contribution in [0.15, 0.2) is 33.9 Å². The fourth-order valence-corrected chi connectivity index (χ4v) is 6.59. The van der Waals surface area contributed by atoms with Crippen LogP contribution in [0.1, 0.15) is 38.5 Å². The van der Waals surface area contributed by atoms with Crippen molar-refractivity contribution in [2.45, 2.75) is 49.3 Å². The number of imide groups is 1. The zero-order valence-electron chi connectivity index (χ0n) is 16.4. The second-order valence-electron chi connectivity index (χ2n) is 8.87. The van der Waals surface area contributed by atoms with Crippen molar-refractivity contribution in [3.63, 3.8) is 0 Å². The molecular weight excluding hydrogens is 424 g/mol. The number of aromatic nitrogens is 2. The Bertz CT molecular complexity index is 943. The molecule has 1 aromatic heterocycles. The number of nitrogens with one attached hydrogen (secondary N) is 2. The van der Waals surface area contributed by atoms with Crippen molar-refractivity contribution in [3.8, 4) is 11.5 Å². The quantitative estimate of drug-likeness (QED) is 0.665. The molecule has 0 spiro atoms. The van der Waals surface area contributed by atoms with Gasteiger partial charge in [0, 0.05) is 16.1 Å². The van der Waals surface area contributed by atoms with Gasteiger partial charge in [0.05, 0.1) is 5.75 Å². The number of carbonyl (C=O) groups excluding carboxylic acids is 2. The largest absolute Gasteiger partial charge is 0.411 e. The second-order valence-corrected chi connectivity index (χ2v) is 10.2. The van der Waals surface area contributed by atoms with Gasteiger partial charge in [-0.15, -0.1) is 10.2 Å². The van der Waals surface area contributed by atoms with Crippen molar-refractivity contribution in [1.29, 1.82) is 0 Å². The van der Waals surface area contributed by atoms with Crippen LogP contribution in [0.2, 0.25) is 5.02 Å². The van der Waals surface area contributed by atoms with Crippen LogP contribution in [0, 0.1) is 17.8 Å². The van der Waals surface area contributed by atoms with Crippen LogP contribution in [0.5, 0.6) is 0 Å². The van der Waals surface area contributed by atoms with Crippen LogP contribution in [-0.4, -0.2) is 33.4 Å². The molecule has 0 aliphatic heterocycles. The smallest absolute Gasteiger partial charge is 0.321 e. The van der Waals surface area contributed by atoms with E-state index in [1.54, 1.807) is 18.2 Å². The molecule has 0 radical (unpaired) electrons. The molecule has 4 fully saturated rings. The summed E-state index contributed by atoms with van der Waals surface area (Å²) in [5.41, 5.74) is 0.589. The van der Waals surface area contributed by atoms with Crippen molar-refractivity contribution in [1.82, 2.24) is 20.8 Å². The van der Waals surface area contributed by atoms with Crippen LogP contribution in [0.4, 0.5) is 4.79 Å². The van der Waals surface area contributed by atoms with E-state index in [0.717, 1.165) is 48.8 Å². The Labute approximate surface area is 183 Å². The highest BCUT2D eigenvalue weighted by Gasteiger charge is 2.51. The van der Waals surface area contributed by atoms with Gasteiger partial charge in [-0.2, -0.15) is 0 Å². The monoisotopic (exact) mass is 446 g/mol. The van der Waals surface area contributed by atoms with Crippen molar-refractivity contribution in [2.75, 3.05) is 5.75 Å². The van der Waals surface area contributed by atoms with Gasteiger partial charge >= 0.3 is 6.03 Å². The van der Waals surface area contributed by atoms with Gasteiger partial charge < -0.3 is 9.73 Å². The third-order valence-corrected chi connectivity index (χ3v) is 7.53. The summed E-state index contributed by atoms with van der Waals surface area (Å²) in [6, 6.07) is 6.70. The van der Waals surface area contributed by atoms with Gasteiger partial charge in [0.2, 0.25) is 11.8 Å². The summed E-state index contributed by atoms with van der Waals surface area (Å²) in [6.45, 7) is 0. The van der Waals surface area contributed by atoms with Crippen molar-refractivity contribution in [2.24, 2.45) is 17.8 Å². The number of urea groups is 1. The number of nitrogens with zero attached hydrogens (tertiary/aromatic N) is 2. The van der Waals surface area contributed by atoms with Gasteiger partial charge in [0.1, 0.15) is 0 Å². The minimum atomic E-state index is -0.396. The van der Waals surface area contributed by atoms with Crippen LogP contribution < -0.4 is 10.6 Å². The topological polar surface area (TPSA) is 97.1 Å². The van der Waals surface area contributed by atoms with Crippen molar-refractivity contribution < 1.29 is 14.0 Å². The van der Waals surface area contributed by atoms with Gasteiger partial charge in [0.15, 0.2) is 0 Å². The lowest BCUT2D eigenvalue weighted by molar-refractivity contribution is -0.117. The van der Waals surface area contributed by atoms with Crippen LogP contribution in [-0.2, 0) is 4.79 Å². The van der Waals surface area contributed by atoms with E-state index >= 15 is 0 Å². The predicted octanol–water partition coefficient (Wildman–Crippen LogP) is 4.28. The Balaban J connectivity index is 1.12. The molecule has 6 rings (SSSR count). The first-order valence-corrected chi connectivity index (χ1v) is 11.7. The molecule has 4 saturated carbocycles. The van der Waals surface area contributed by atoms with E-state index in [0.29, 0.717) is 16.5 Å². The standard InChI is InChI=1S/C21H23ClN4O3S/c22-16-3-1-2-15(7-16)18-25-26-20(29-18)30-11-17(27)23-19(28)24-21-8-12-4-13(9-21)6-14(5-12)10-21/h1-3,7,12-14H,4-6,8-11H2,(H2,23,24,27,28). The van der Waals surface area contributed by atoms with Crippen LogP contribution in [0.3, 0.4) is 0 Å². The molecule has 4 aliphatic rings. The summed E-state index contributed by atoms with van der Waals surface area (Å²) in [6.07, 6.45) is 7.05. The highest BCUT2D eigenvalue weighted by molar-refractivity contribution is 7.99. The first-order valence-electron chi connectivity index (χ1n) is 10.3. The molecule has 1 aromatic carbocycles. The Kier molecular flexibility index (Phi) is 5.23. The molecule has 30 heavy (non-hydrogen) atoms. The predicted molar refractivity (Wildman–Crippen MR) is 113 cm³/mol. The SMILES string of the molecule is O=C(CSc1nnc(-c2cccc(Cl)c2)o1)NC(=O)NC12CC3CC(CC(C3)C1)C2. The Hall–Kier alpha value is -2.06. The molecule has 2 aromatic rings. The molecule has 3 amide bonds. The number of rotatable bonds is 5. The molecule has 4 bridgehead atoms. The van der Waals surface area contributed by atoms with E-state index in [2.05, 4.69) is 20.8 Å². The first kappa shape index (κ1) is 19.9. The Morgan fingerprint density at radius 2 is 1.83 bits per heavy atom. The molecule has 7 nitrogen and oxygen atoms in total. The molecule has 0 unspecified atom stereocenters. The summed E-state index contributed by atoms with van der Waals surface area (Å²) in [7, 11) is 0. The highest BCUT2D eigenvalue weighted by Crippen LogP contribution is 2.55. The number of amides is 3. The molecule has 1 heterocycles. The summed E-state index contributed by atoms with van der Waals surface area (Å²) in [4.78, 5) is 24.7. The van der Waals surface area contributed by atoms with Gasteiger partial charge in [0.25, 0.3) is 5.22 Å². The maximum absolute atomic E-state index is 12.5. The fourth-order valence-electron chi connectivity index (χ4n) is 5.83. The third-order valence-electron chi connectivity index (χ3n) is 6.47. The molecule has 0 atom stereocenters. The van der Waals surface area contributed by atoms with Gasteiger partial charge in [-0.05, 0) is 74.5 Å². The van der Waals surface area contributed by atoms with Gasteiger partial charge in [-0.1, -0.05) is 29.4 Å². The number of benzene rings is 1. The average molecular weight is 447 g/mol. The van der Waals surface area contributed by atoms with E-state index in [1.165, 1.54) is 19.3 Å². The lowest BCUT2D eigenvalue weighted by atomic mass is 9.53. The van der Waals surface area contributed by atoms with Crippen molar-refractivity contribution in [3.05, 3.63) is 29.3 Å². The number of carbonyl (C=O) groups is 2. The van der Waals surface area contributed by atoms with E-state index in [9.17, 15) is 9.59 Å². The van der Waals surface area contributed by atoms with E-state index in [4.69, 9.17) is 16.0 Å². The zero-order valence-corrected chi connectivity index (χ0v) is 18.0. The summed E-state index contributed by atoms with van der Waals surface area (Å²) in [5, 5.41) is 14.4. The summed E-state index contributed by atoms with van der Waals surface area (Å²) >= 11 is 7.07. The molecule has 9 heteroatoms. The number of hydrogen-bond acceptors (Lipinski definition) is 6. The van der Waals surface area contributed by atoms with Gasteiger partial charge in [-0.25, -0.2) is 4.79 Å². The Morgan fingerprint density at radius 3 is 2.50 bits per heavy atom. The van der Waals surface area contributed by atoms with E-state index < -0.39 is 6.03 Å². The molecule has 0 saturated heterocycles. The summed E-state index contributed by atoms with van der Waals surface area (Å²) in [5.74, 6) is 2.16. The van der Waals surface area contributed by atoms with E-state index in [-0.39, 0.29) is 22.4 Å². The molecule has 2 N–H and O–H groups in total. The van der Waals surface area contributed by atoms with Crippen LogP contribution >= 0.6 is 23.4 Å². The maximum atomic E-state index is 12.5. The lowest BCUT2D eigenvalue weighted by Gasteiger charge is -2.56. The molecule has 4 aliphatic carbocycles. The number of hydrogen-bond donors (Lipinski definition) is 2.